The maximum atomic E-state index is 13.8. The van der Waals surface area contributed by atoms with Crippen LogP contribution in [0.1, 0.15) is 20.7 Å². The minimum Gasteiger partial charge on any atom is -0.435 e. The molecule has 1 amide bonds. The molecule has 0 aliphatic heterocycles. The highest BCUT2D eigenvalue weighted by atomic mass is 32.2. The summed E-state index contributed by atoms with van der Waals surface area (Å²) in [5.41, 5.74) is -0.184. The highest BCUT2D eigenvalue weighted by Gasteiger charge is 2.18. The van der Waals surface area contributed by atoms with E-state index in [1.54, 1.807) is 18.2 Å². The number of nitrogens with one attached hydrogen (secondary N) is 1. The van der Waals surface area contributed by atoms with Crippen molar-refractivity contribution >= 4 is 29.1 Å². The van der Waals surface area contributed by atoms with Crippen molar-refractivity contribution in [3.8, 4) is 5.75 Å². The van der Waals surface area contributed by atoms with Gasteiger partial charge in [-0.1, -0.05) is 12.1 Å². The smallest absolute Gasteiger partial charge is 0.387 e. The van der Waals surface area contributed by atoms with E-state index in [2.05, 4.69) is 10.1 Å². The SMILES string of the molecule is O=C(CSc1ccccc1C(=O)Nc1ccc(F)c(F)c1F)c1ccc(OC(F)F)cc1. The van der Waals surface area contributed by atoms with Crippen molar-refractivity contribution in [1.29, 1.82) is 0 Å². The molecule has 4 nitrogen and oxygen atoms in total. The Morgan fingerprint density at radius 2 is 1.59 bits per heavy atom. The Morgan fingerprint density at radius 1 is 0.906 bits per heavy atom. The first-order valence-corrected chi connectivity index (χ1v) is 9.99. The first-order chi connectivity index (χ1) is 15.3. The molecule has 3 aromatic rings. The average Bonchev–Trinajstić information content (AvgIpc) is 2.78. The zero-order valence-electron chi connectivity index (χ0n) is 16.1. The molecule has 0 saturated carbocycles. The highest BCUT2D eigenvalue weighted by molar-refractivity contribution is 8.00. The first-order valence-electron chi connectivity index (χ1n) is 9.01. The molecule has 0 aliphatic carbocycles. The van der Waals surface area contributed by atoms with Gasteiger partial charge in [-0.3, -0.25) is 9.59 Å². The molecule has 0 bridgehead atoms. The molecule has 0 atom stereocenters. The summed E-state index contributed by atoms with van der Waals surface area (Å²) >= 11 is 1.02. The van der Waals surface area contributed by atoms with Gasteiger partial charge >= 0.3 is 6.61 Å². The molecule has 0 saturated heterocycles. The number of ether oxygens (including phenoxy) is 1. The number of hydrogen-bond donors (Lipinski definition) is 1. The van der Waals surface area contributed by atoms with Crippen LogP contribution < -0.4 is 10.1 Å². The summed E-state index contributed by atoms with van der Waals surface area (Å²) in [5, 5.41) is 2.18. The number of anilines is 1. The molecule has 0 heterocycles. The van der Waals surface area contributed by atoms with Gasteiger partial charge in [-0.05, 0) is 48.5 Å². The van der Waals surface area contributed by atoms with Gasteiger partial charge in [-0.15, -0.1) is 11.8 Å². The quantitative estimate of drug-likeness (QED) is 0.193. The van der Waals surface area contributed by atoms with E-state index in [0.29, 0.717) is 11.0 Å². The number of benzene rings is 3. The van der Waals surface area contributed by atoms with Crippen molar-refractivity contribution < 1.29 is 36.3 Å². The second-order valence-electron chi connectivity index (χ2n) is 6.29. The minimum absolute atomic E-state index is 0.0844. The molecule has 166 valence electrons. The van der Waals surface area contributed by atoms with Crippen LogP contribution in [0.3, 0.4) is 0 Å². The lowest BCUT2D eigenvalue weighted by Crippen LogP contribution is -2.15. The minimum atomic E-state index is -2.98. The Kier molecular flexibility index (Phi) is 7.47. The molecule has 1 N–H and O–H groups in total. The van der Waals surface area contributed by atoms with E-state index < -0.39 is 35.7 Å². The Morgan fingerprint density at radius 3 is 2.28 bits per heavy atom. The molecule has 0 aromatic heterocycles. The fourth-order valence-corrected chi connectivity index (χ4v) is 3.59. The van der Waals surface area contributed by atoms with E-state index in [1.165, 1.54) is 30.3 Å². The molecular formula is C22H14F5NO3S. The van der Waals surface area contributed by atoms with Crippen molar-refractivity contribution in [3.05, 3.63) is 89.2 Å². The number of halogens is 5. The number of ketones is 1. The number of Topliss-reactive ketones (excluding diaryl/α,β-unsaturated/α-hetero) is 1. The number of amides is 1. The number of alkyl halides is 2. The van der Waals surface area contributed by atoms with Crippen LogP contribution >= 0.6 is 11.8 Å². The Bertz CT molecular complexity index is 1140. The lowest BCUT2D eigenvalue weighted by atomic mass is 10.1. The zero-order chi connectivity index (χ0) is 23.3. The van der Waals surface area contributed by atoms with Crippen molar-refractivity contribution in [2.45, 2.75) is 11.5 Å². The Hall–Kier alpha value is -3.40. The van der Waals surface area contributed by atoms with E-state index in [9.17, 15) is 31.5 Å². The third-order valence-corrected chi connectivity index (χ3v) is 5.25. The van der Waals surface area contributed by atoms with Crippen molar-refractivity contribution in [2.24, 2.45) is 0 Å². The summed E-state index contributed by atoms with van der Waals surface area (Å²) in [6, 6.07) is 12.9. The molecular weight excluding hydrogens is 453 g/mol. The molecule has 0 fully saturated rings. The van der Waals surface area contributed by atoms with Crippen LogP contribution in [0, 0.1) is 17.5 Å². The normalized spacial score (nSPS) is 10.8. The van der Waals surface area contributed by atoms with E-state index in [4.69, 9.17) is 0 Å². The van der Waals surface area contributed by atoms with Crippen LogP contribution in [0.4, 0.5) is 27.6 Å². The van der Waals surface area contributed by atoms with Crippen LogP contribution in [0.25, 0.3) is 0 Å². The maximum absolute atomic E-state index is 13.8. The number of rotatable bonds is 8. The number of carbonyl (C=O) groups is 2. The lowest BCUT2D eigenvalue weighted by molar-refractivity contribution is -0.0498. The monoisotopic (exact) mass is 467 g/mol. The summed E-state index contributed by atoms with van der Waals surface area (Å²) in [5.74, 6) is -5.91. The molecule has 0 unspecified atom stereocenters. The van der Waals surface area contributed by atoms with Gasteiger partial charge in [-0.25, -0.2) is 13.2 Å². The summed E-state index contributed by atoms with van der Waals surface area (Å²) in [6.45, 7) is -2.98. The average molecular weight is 467 g/mol. The van der Waals surface area contributed by atoms with Crippen LogP contribution in [-0.4, -0.2) is 24.1 Å². The molecule has 0 radical (unpaired) electrons. The molecule has 32 heavy (non-hydrogen) atoms. The Balaban J connectivity index is 1.69. The third kappa shape index (κ3) is 5.64. The van der Waals surface area contributed by atoms with E-state index in [0.717, 1.165) is 17.8 Å². The molecule has 0 aliphatic rings. The van der Waals surface area contributed by atoms with Crippen molar-refractivity contribution in [2.75, 3.05) is 11.1 Å². The van der Waals surface area contributed by atoms with Gasteiger partial charge in [0, 0.05) is 10.5 Å². The lowest BCUT2D eigenvalue weighted by Gasteiger charge is -2.11. The van der Waals surface area contributed by atoms with E-state index in [-0.39, 0.29) is 28.4 Å². The summed E-state index contributed by atoms with van der Waals surface area (Å²) < 4.78 is 69.0. The van der Waals surface area contributed by atoms with Crippen molar-refractivity contribution in [1.82, 2.24) is 0 Å². The van der Waals surface area contributed by atoms with Gasteiger partial charge in [0.25, 0.3) is 5.91 Å². The Labute approximate surface area is 183 Å². The van der Waals surface area contributed by atoms with Crippen LogP contribution in [0.15, 0.2) is 65.6 Å². The third-order valence-electron chi connectivity index (χ3n) is 4.18. The number of carbonyl (C=O) groups excluding carboxylic acids is 2. The van der Waals surface area contributed by atoms with Crippen LogP contribution in [-0.2, 0) is 0 Å². The second kappa shape index (κ2) is 10.3. The topological polar surface area (TPSA) is 55.4 Å². The highest BCUT2D eigenvalue weighted by Crippen LogP contribution is 2.26. The van der Waals surface area contributed by atoms with Crippen molar-refractivity contribution in [3.63, 3.8) is 0 Å². The zero-order valence-corrected chi connectivity index (χ0v) is 16.9. The van der Waals surface area contributed by atoms with Gasteiger partial charge in [0.05, 0.1) is 17.0 Å². The fraction of sp³-hybridized carbons (Fsp3) is 0.0909. The van der Waals surface area contributed by atoms with Crippen LogP contribution in [0.2, 0.25) is 0 Å². The van der Waals surface area contributed by atoms with Crippen LogP contribution in [0.5, 0.6) is 5.75 Å². The standard InChI is InChI=1S/C22H14F5NO3S/c23-15-9-10-16(20(25)19(15)24)28-21(30)14-3-1-2-4-18(14)32-11-17(29)12-5-7-13(8-6-12)31-22(26)27/h1-10,22H,11H2,(H,28,30). The van der Waals surface area contributed by atoms with Gasteiger partial charge in [0.2, 0.25) is 0 Å². The number of hydrogen-bond acceptors (Lipinski definition) is 4. The van der Waals surface area contributed by atoms with Gasteiger partial charge in [0.15, 0.2) is 23.2 Å². The molecule has 3 aromatic carbocycles. The predicted octanol–water partition coefficient (Wildman–Crippen LogP) is 5.93. The van der Waals surface area contributed by atoms with E-state index >= 15 is 0 Å². The summed E-state index contributed by atoms with van der Waals surface area (Å²) in [7, 11) is 0. The van der Waals surface area contributed by atoms with Gasteiger partial charge in [0.1, 0.15) is 5.75 Å². The van der Waals surface area contributed by atoms with E-state index in [1.807, 2.05) is 0 Å². The molecule has 0 spiro atoms. The predicted molar refractivity (Wildman–Crippen MR) is 109 cm³/mol. The van der Waals surface area contributed by atoms with Gasteiger partial charge < -0.3 is 10.1 Å². The second-order valence-corrected chi connectivity index (χ2v) is 7.31. The molecule has 3 rings (SSSR count). The maximum Gasteiger partial charge on any atom is 0.387 e. The van der Waals surface area contributed by atoms with Gasteiger partial charge in [-0.2, -0.15) is 8.78 Å². The largest absolute Gasteiger partial charge is 0.435 e. The summed E-state index contributed by atoms with van der Waals surface area (Å²) in [6.07, 6.45) is 0. The first kappa shape index (κ1) is 23.3. The fourth-order valence-electron chi connectivity index (χ4n) is 2.64. The summed E-state index contributed by atoms with van der Waals surface area (Å²) in [4.78, 5) is 25.3. The number of thioether (sulfide) groups is 1. The molecule has 10 heteroatoms.